The topological polar surface area (TPSA) is 95.1 Å². The number of methoxy groups -OCH3 is 1. The van der Waals surface area contributed by atoms with Crippen molar-refractivity contribution in [3.8, 4) is 0 Å². The van der Waals surface area contributed by atoms with Crippen molar-refractivity contribution < 1.29 is 14.1 Å². The Morgan fingerprint density at radius 1 is 1.52 bits per heavy atom. The molecule has 21 heavy (non-hydrogen) atoms. The molecule has 1 N–H and O–H groups in total. The summed E-state index contributed by atoms with van der Waals surface area (Å²) in [6.07, 6.45) is 3.75. The van der Waals surface area contributed by atoms with Crippen LogP contribution in [-0.4, -0.2) is 39.5 Å². The number of rotatable bonds is 7. The normalized spacial score (nSPS) is 11.0. The molecule has 0 unspecified atom stereocenters. The fourth-order valence-corrected chi connectivity index (χ4v) is 1.70. The van der Waals surface area contributed by atoms with Gasteiger partial charge in [-0.2, -0.15) is 10.1 Å². The Labute approximate surface area is 122 Å². The van der Waals surface area contributed by atoms with Crippen LogP contribution < -0.4 is 5.32 Å². The number of hydrogen-bond donors (Lipinski definition) is 1. The van der Waals surface area contributed by atoms with Gasteiger partial charge in [0.15, 0.2) is 5.82 Å². The molecule has 1 amide bonds. The third-order valence-electron chi connectivity index (χ3n) is 2.80. The van der Waals surface area contributed by atoms with Crippen molar-refractivity contribution >= 4 is 5.91 Å². The number of nitrogens with zero attached hydrogens (tertiary/aromatic N) is 4. The molecule has 0 fully saturated rings. The highest BCUT2D eigenvalue weighted by molar-refractivity contribution is 5.93. The molecule has 0 aliphatic carbocycles. The third-order valence-corrected chi connectivity index (χ3v) is 2.80. The Balaban J connectivity index is 1.80. The molecule has 2 rings (SSSR count). The molecular weight excluding hydrogens is 274 g/mol. The number of ether oxygens (including phenoxy) is 1. The van der Waals surface area contributed by atoms with Crippen molar-refractivity contribution in [2.24, 2.45) is 0 Å². The molecule has 2 heterocycles. The predicted octanol–water partition coefficient (Wildman–Crippen LogP) is 0.966. The van der Waals surface area contributed by atoms with Crippen LogP contribution in [0.5, 0.6) is 0 Å². The van der Waals surface area contributed by atoms with E-state index in [1.807, 2.05) is 13.8 Å². The maximum atomic E-state index is 11.9. The minimum absolute atomic E-state index is 0.168. The van der Waals surface area contributed by atoms with E-state index in [0.29, 0.717) is 36.9 Å². The van der Waals surface area contributed by atoms with Crippen LogP contribution in [0.15, 0.2) is 16.9 Å². The number of hydrogen-bond acceptors (Lipinski definition) is 6. The molecule has 2 aromatic rings. The van der Waals surface area contributed by atoms with E-state index in [1.165, 1.54) is 0 Å². The Kier molecular flexibility index (Phi) is 5.04. The van der Waals surface area contributed by atoms with Gasteiger partial charge in [-0.1, -0.05) is 5.16 Å². The van der Waals surface area contributed by atoms with Crippen molar-refractivity contribution in [2.75, 3.05) is 13.7 Å². The SMILES string of the molecule is COCc1noc(CCNC(=O)c2cnn(C(C)C)c2)n1. The minimum Gasteiger partial charge on any atom is -0.377 e. The summed E-state index contributed by atoms with van der Waals surface area (Å²) >= 11 is 0. The van der Waals surface area contributed by atoms with Crippen molar-refractivity contribution in [2.45, 2.75) is 32.9 Å². The smallest absolute Gasteiger partial charge is 0.254 e. The second-order valence-electron chi connectivity index (χ2n) is 4.85. The molecule has 2 aromatic heterocycles. The molecule has 114 valence electrons. The molecule has 0 spiro atoms. The van der Waals surface area contributed by atoms with Gasteiger partial charge in [-0.15, -0.1) is 0 Å². The van der Waals surface area contributed by atoms with E-state index in [4.69, 9.17) is 9.26 Å². The van der Waals surface area contributed by atoms with E-state index >= 15 is 0 Å². The Morgan fingerprint density at radius 3 is 3.00 bits per heavy atom. The van der Waals surface area contributed by atoms with Crippen molar-refractivity contribution in [1.82, 2.24) is 25.2 Å². The summed E-state index contributed by atoms with van der Waals surface area (Å²) in [5.41, 5.74) is 0.536. The lowest BCUT2D eigenvalue weighted by Crippen LogP contribution is -2.25. The first kappa shape index (κ1) is 15.2. The lowest BCUT2D eigenvalue weighted by atomic mass is 10.3. The summed E-state index contributed by atoms with van der Waals surface area (Å²) in [5, 5.41) is 10.7. The average molecular weight is 293 g/mol. The fraction of sp³-hybridized carbons (Fsp3) is 0.538. The molecule has 8 nitrogen and oxygen atoms in total. The quantitative estimate of drug-likeness (QED) is 0.817. The zero-order valence-electron chi connectivity index (χ0n) is 12.4. The maximum Gasteiger partial charge on any atom is 0.254 e. The van der Waals surface area contributed by atoms with Crippen LogP contribution in [0, 0.1) is 0 Å². The number of amides is 1. The molecule has 0 saturated carbocycles. The van der Waals surface area contributed by atoms with E-state index in [2.05, 4.69) is 20.6 Å². The third kappa shape index (κ3) is 4.12. The molecule has 8 heteroatoms. The zero-order chi connectivity index (χ0) is 15.2. The number of carbonyl (C=O) groups is 1. The second-order valence-corrected chi connectivity index (χ2v) is 4.85. The molecule has 0 bridgehead atoms. The summed E-state index contributed by atoms with van der Waals surface area (Å²) in [5.74, 6) is 0.802. The standard InChI is InChI=1S/C13H19N5O3/c1-9(2)18-7-10(6-15-18)13(19)14-5-4-12-16-11(8-20-3)17-21-12/h6-7,9H,4-5,8H2,1-3H3,(H,14,19). The second kappa shape index (κ2) is 6.98. The summed E-state index contributed by atoms with van der Waals surface area (Å²) < 4.78 is 11.7. The lowest BCUT2D eigenvalue weighted by Gasteiger charge is -2.03. The highest BCUT2D eigenvalue weighted by atomic mass is 16.5. The van der Waals surface area contributed by atoms with Crippen LogP contribution in [0.4, 0.5) is 0 Å². The molecule has 0 saturated heterocycles. The van der Waals surface area contributed by atoms with Gasteiger partial charge < -0.3 is 14.6 Å². The largest absolute Gasteiger partial charge is 0.377 e. The van der Waals surface area contributed by atoms with E-state index in [-0.39, 0.29) is 11.9 Å². The minimum atomic E-state index is -0.168. The van der Waals surface area contributed by atoms with E-state index in [1.54, 1.807) is 24.2 Å². The highest BCUT2D eigenvalue weighted by Crippen LogP contribution is 2.05. The summed E-state index contributed by atoms with van der Waals surface area (Å²) in [4.78, 5) is 16.1. The van der Waals surface area contributed by atoms with Crippen molar-refractivity contribution in [3.63, 3.8) is 0 Å². The van der Waals surface area contributed by atoms with Gasteiger partial charge in [-0.3, -0.25) is 9.48 Å². The van der Waals surface area contributed by atoms with Gasteiger partial charge in [-0.05, 0) is 13.8 Å². The molecule has 0 aromatic carbocycles. The average Bonchev–Trinajstić information content (AvgIpc) is 3.08. The molecule has 0 atom stereocenters. The van der Waals surface area contributed by atoms with Crippen LogP contribution in [0.1, 0.15) is 42.0 Å². The van der Waals surface area contributed by atoms with Gasteiger partial charge in [0.2, 0.25) is 5.89 Å². The van der Waals surface area contributed by atoms with Gasteiger partial charge in [0.25, 0.3) is 5.91 Å². The van der Waals surface area contributed by atoms with Gasteiger partial charge in [0.1, 0.15) is 6.61 Å². The first-order chi connectivity index (χ1) is 10.1. The van der Waals surface area contributed by atoms with E-state index < -0.39 is 0 Å². The first-order valence-corrected chi connectivity index (χ1v) is 6.73. The zero-order valence-corrected chi connectivity index (χ0v) is 12.4. The molecule has 0 aliphatic rings. The van der Waals surface area contributed by atoms with Crippen LogP contribution in [0.2, 0.25) is 0 Å². The molecular formula is C13H19N5O3. The van der Waals surface area contributed by atoms with Crippen LogP contribution in [-0.2, 0) is 17.8 Å². The summed E-state index contributed by atoms with van der Waals surface area (Å²) in [6.45, 7) is 4.73. The highest BCUT2D eigenvalue weighted by Gasteiger charge is 2.11. The van der Waals surface area contributed by atoms with E-state index in [9.17, 15) is 4.79 Å². The van der Waals surface area contributed by atoms with Crippen LogP contribution >= 0.6 is 0 Å². The lowest BCUT2D eigenvalue weighted by molar-refractivity contribution is 0.0953. The maximum absolute atomic E-state index is 11.9. The fourth-order valence-electron chi connectivity index (χ4n) is 1.70. The Hall–Kier alpha value is -2.22. The van der Waals surface area contributed by atoms with Gasteiger partial charge >= 0.3 is 0 Å². The predicted molar refractivity (Wildman–Crippen MR) is 73.7 cm³/mol. The number of carbonyl (C=O) groups excluding carboxylic acids is 1. The van der Waals surface area contributed by atoms with Gasteiger partial charge in [0.05, 0.1) is 11.8 Å². The van der Waals surface area contributed by atoms with Crippen LogP contribution in [0.25, 0.3) is 0 Å². The van der Waals surface area contributed by atoms with Crippen LogP contribution in [0.3, 0.4) is 0 Å². The Morgan fingerprint density at radius 2 is 2.33 bits per heavy atom. The van der Waals surface area contributed by atoms with Crippen molar-refractivity contribution in [3.05, 3.63) is 29.7 Å². The first-order valence-electron chi connectivity index (χ1n) is 6.73. The molecule has 0 aliphatic heterocycles. The van der Waals surface area contributed by atoms with Crippen molar-refractivity contribution in [1.29, 1.82) is 0 Å². The summed E-state index contributed by atoms with van der Waals surface area (Å²) in [7, 11) is 1.56. The number of aromatic nitrogens is 4. The molecule has 0 radical (unpaired) electrons. The van der Waals surface area contributed by atoms with E-state index in [0.717, 1.165) is 0 Å². The summed E-state index contributed by atoms with van der Waals surface area (Å²) in [6, 6.07) is 0.226. The number of nitrogens with one attached hydrogen (secondary N) is 1. The Bertz CT molecular complexity index is 590. The van der Waals surface area contributed by atoms with Gasteiger partial charge in [-0.25, -0.2) is 0 Å². The van der Waals surface area contributed by atoms with Gasteiger partial charge in [0, 0.05) is 32.3 Å². The monoisotopic (exact) mass is 293 g/mol.